The molecule has 0 radical (unpaired) electrons. The first-order valence-corrected chi connectivity index (χ1v) is 6.32. The van der Waals surface area contributed by atoms with Crippen LogP contribution in [0, 0.1) is 5.92 Å². The predicted octanol–water partition coefficient (Wildman–Crippen LogP) is 2.50. The Morgan fingerprint density at radius 2 is 2.06 bits per heavy atom. The van der Waals surface area contributed by atoms with Crippen molar-refractivity contribution < 1.29 is 9.53 Å². The van der Waals surface area contributed by atoms with Gasteiger partial charge in [0.15, 0.2) is 0 Å². The van der Waals surface area contributed by atoms with E-state index in [-0.39, 0.29) is 17.6 Å². The quantitative estimate of drug-likeness (QED) is 0.733. The van der Waals surface area contributed by atoms with Gasteiger partial charge in [-0.05, 0) is 53.0 Å². The van der Waals surface area contributed by atoms with Crippen molar-refractivity contribution in [2.45, 2.75) is 65.0 Å². The molecule has 0 bridgehead atoms. The molecule has 1 N–H and O–H groups in total. The second kappa shape index (κ2) is 5.67. The van der Waals surface area contributed by atoms with Crippen LogP contribution in [0.3, 0.4) is 0 Å². The fraction of sp³-hybridized carbons (Fsp3) is 0.923. The summed E-state index contributed by atoms with van der Waals surface area (Å²) < 4.78 is 5.28. The minimum Gasteiger partial charge on any atom is -0.460 e. The van der Waals surface area contributed by atoms with Gasteiger partial charge < -0.3 is 10.1 Å². The Morgan fingerprint density at radius 1 is 1.44 bits per heavy atom. The Labute approximate surface area is 98.9 Å². The molecule has 1 rings (SSSR count). The van der Waals surface area contributed by atoms with Crippen molar-refractivity contribution in [1.82, 2.24) is 5.32 Å². The Hall–Kier alpha value is -0.570. The van der Waals surface area contributed by atoms with Crippen LogP contribution in [0.25, 0.3) is 0 Å². The second-order valence-corrected chi connectivity index (χ2v) is 5.90. The molecule has 0 saturated heterocycles. The van der Waals surface area contributed by atoms with Crippen LogP contribution in [0.5, 0.6) is 0 Å². The van der Waals surface area contributed by atoms with Crippen LogP contribution in [0.4, 0.5) is 0 Å². The minimum absolute atomic E-state index is 0.110. The highest BCUT2D eigenvalue weighted by molar-refractivity contribution is 5.70. The zero-order valence-corrected chi connectivity index (χ0v) is 11.0. The van der Waals surface area contributed by atoms with E-state index in [1.165, 1.54) is 19.3 Å². The molecular weight excluding hydrogens is 202 g/mol. The maximum atomic E-state index is 11.5. The third-order valence-electron chi connectivity index (χ3n) is 2.87. The topological polar surface area (TPSA) is 38.3 Å². The van der Waals surface area contributed by atoms with Gasteiger partial charge in [-0.2, -0.15) is 0 Å². The lowest BCUT2D eigenvalue weighted by Crippen LogP contribution is -2.36. The molecule has 1 aliphatic carbocycles. The Bertz CT molecular complexity index is 229. The lowest BCUT2D eigenvalue weighted by Gasteiger charge is -2.27. The minimum atomic E-state index is -0.370. The first-order chi connectivity index (χ1) is 7.37. The van der Waals surface area contributed by atoms with Crippen LogP contribution in [0.1, 0.15) is 53.4 Å². The van der Waals surface area contributed by atoms with Crippen molar-refractivity contribution in [3.63, 3.8) is 0 Å². The number of ether oxygens (including phenoxy) is 1. The molecule has 1 aliphatic rings. The first kappa shape index (κ1) is 13.5. The lowest BCUT2D eigenvalue weighted by molar-refractivity contribution is -0.155. The van der Waals surface area contributed by atoms with Crippen molar-refractivity contribution >= 4 is 5.97 Å². The van der Waals surface area contributed by atoms with Gasteiger partial charge >= 0.3 is 5.97 Å². The lowest BCUT2D eigenvalue weighted by atomic mass is 9.85. The summed E-state index contributed by atoms with van der Waals surface area (Å²) >= 11 is 0. The number of rotatable bonds is 5. The molecule has 1 unspecified atom stereocenters. The molecule has 0 heterocycles. The van der Waals surface area contributed by atoms with Crippen molar-refractivity contribution in [2.75, 3.05) is 6.54 Å². The SMILES string of the molecule is CC(CC(=O)OC(C)(C)C)NCC1CCC1. The van der Waals surface area contributed by atoms with Crippen LogP contribution in [-0.4, -0.2) is 24.2 Å². The Kier molecular flexibility index (Phi) is 4.78. The molecule has 3 nitrogen and oxygen atoms in total. The van der Waals surface area contributed by atoms with E-state index in [2.05, 4.69) is 5.32 Å². The average molecular weight is 227 g/mol. The van der Waals surface area contributed by atoms with E-state index in [4.69, 9.17) is 4.74 Å². The molecule has 16 heavy (non-hydrogen) atoms. The van der Waals surface area contributed by atoms with E-state index in [1.54, 1.807) is 0 Å². The van der Waals surface area contributed by atoms with E-state index < -0.39 is 0 Å². The van der Waals surface area contributed by atoms with E-state index >= 15 is 0 Å². The highest BCUT2D eigenvalue weighted by Crippen LogP contribution is 2.25. The monoisotopic (exact) mass is 227 g/mol. The fourth-order valence-corrected chi connectivity index (χ4v) is 1.77. The number of hydrogen-bond donors (Lipinski definition) is 1. The Balaban J connectivity index is 2.12. The van der Waals surface area contributed by atoms with Gasteiger partial charge in [-0.15, -0.1) is 0 Å². The molecule has 0 amide bonds. The van der Waals surface area contributed by atoms with Crippen molar-refractivity contribution in [2.24, 2.45) is 5.92 Å². The molecule has 0 aliphatic heterocycles. The standard InChI is InChI=1S/C13H25NO2/c1-10(14-9-11-6-5-7-11)8-12(15)16-13(2,3)4/h10-11,14H,5-9H2,1-4H3. The second-order valence-electron chi connectivity index (χ2n) is 5.90. The molecule has 1 fully saturated rings. The number of esters is 1. The van der Waals surface area contributed by atoms with Crippen molar-refractivity contribution in [3.8, 4) is 0 Å². The molecule has 0 aromatic rings. The summed E-state index contributed by atoms with van der Waals surface area (Å²) in [6, 6.07) is 0.218. The maximum Gasteiger partial charge on any atom is 0.307 e. The highest BCUT2D eigenvalue weighted by atomic mass is 16.6. The van der Waals surface area contributed by atoms with Gasteiger partial charge in [-0.25, -0.2) is 0 Å². The summed E-state index contributed by atoms with van der Waals surface area (Å²) in [5.41, 5.74) is -0.370. The van der Waals surface area contributed by atoms with Crippen molar-refractivity contribution in [1.29, 1.82) is 0 Å². The van der Waals surface area contributed by atoms with Crippen molar-refractivity contribution in [3.05, 3.63) is 0 Å². The maximum absolute atomic E-state index is 11.5. The molecule has 94 valence electrons. The average Bonchev–Trinajstić information content (AvgIpc) is 1.96. The largest absolute Gasteiger partial charge is 0.460 e. The number of carbonyl (C=O) groups excluding carboxylic acids is 1. The number of hydrogen-bond acceptors (Lipinski definition) is 3. The van der Waals surface area contributed by atoms with Gasteiger partial charge in [0.25, 0.3) is 0 Å². The smallest absolute Gasteiger partial charge is 0.307 e. The van der Waals surface area contributed by atoms with Crippen LogP contribution < -0.4 is 5.32 Å². The van der Waals surface area contributed by atoms with E-state index in [1.807, 2.05) is 27.7 Å². The van der Waals surface area contributed by atoms with E-state index in [0.29, 0.717) is 6.42 Å². The molecular formula is C13H25NO2. The third-order valence-corrected chi connectivity index (χ3v) is 2.87. The van der Waals surface area contributed by atoms with Gasteiger partial charge in [-0.1, -0.05) is 6.42 Å². The van der Waals surface area contributed by atoms with E-state index in [9.17, 15) is 4.79 Å². The van der Waals surface area contributed by atoms with Crippen LogP contribution in [-0.2, 0) is 9.53 Å². The van der Waals surface area contributed by atoms with Gasteiger partial charge in [0, 0.05) is 6.04 Å². The summed E-state index contributed by atoms with van der Waals surface area (Å²) in [4.78, 5) is 11.5. The zero-order valence-electron chi connectivity index (χ0n) is 11.0. The summed E-state index contributed by atoms with van der Waals surface area (Å²) in [5, 5.41) is 3.40. The molecule has 3 heteroatoms. The molecule has 1 atom stereocenters. The summed E-state index contributed by atoms with van der Waals surface area (Å²) in [6.07, 6.45) is 4.51. The van der Waals surface area contributed by atoms with E-state index in [0.717, 1.165) is 12.5 Å². The van der Waals surface area contributed by atoms with Crippen LogP contribution >= 0.6 is 0 Å². The predicted molar refractivity (Wildman–Crippen MR) is 65.3 cm³/mol. The fourth-order valence-electron chi connectivity index (χ4n) is 1.77. The third kappa shape index (κ3) is 5.50. The normalized spacial score (nSPS) is 19.0. The summed E-state index contributed by atoms with van der Waals surface area (Å²) in [6.45, 7) is 8.79. The van der Waals surface area contributed by atoms with Crippen LogP contribution in [0.15, 0.2) is 0 Å². The Morgan fingerprint density at radius 3 is 2.50 bits per heavy atom. The summed E-state index contributed by atoms with van der Waals surface area (Å²) in [5.74, 6) is 0.724. The van der Waals surface area contributed by atoms with Gasteiger partial charge in [0.2, 0.25) is 0 Å². The molecule has 1 saturated carbocycles. The highest BCUT2D eigenvalue weighted by Gasteiger charge is 2.20. The number of nitrogens with one attached hydrogen (secondary N) is 1. The van der Waals surface area contributed by atoms with Crippen LogP contribution in [0.2, 0.25) is 0 Å². The summed E-state index contributed by atoms with van der Waals surface area (Å²) in [7, 11) is 0. The molecule has 0 aromatic carbocycles. The first-order valence-electron chi connectivity index (χ1n) is 6.32. The molecule has 0 spiro atoms. The van der Waals surface area contributed by atoms with Gasteiger partial charge in [0.05, 0.1) is 6.42 Å². The number of carbonyl (C=O) groups is 1. The van der Waals surface area contributed by atoms with Gasteiger partial charge in [-0.3, -0.25) is 4.79 Å². The van der Waals surface area contributed by atoms with Gasteiger partial charge in [0.1, 0.15) is 5.60 Å². The zero-order chi connectivity index (χ0) is 12.2. The molecule has 0 aromatic heterocycles.